The summed E-state index contributed by atoms with van der Waals surface area (Å²) in [4.78, 5) is 24.5. The van der Waals surface area contributed by atoms with E-state index in [0.29, 0.717) is 37.9 Å². The van der Waals surface area contributed by atoms with E-state index >= 15 is 8.78 Å². The summed E-state index contributed by atoms with van der Waals surface area (Å²) in [5.74, 6) is -2.22. The van der Waals surface area contributed by atoms with E-state index in [-0.39, 0.29) is 23.9 Å². The van der Waals surface area contributed by atoms with Crippen LogP contribution in [0.4, 0.5) is 13.6 Å². The minimum atomic E-state index is -2.88. The van der Waals surface area contributed by atoms with Crippen LogP contribution in [0.5, 0.6) is 0 Å². The SMILES string of the molecule is CC(C)N1CCN(C2CCCC(F)(F)C2NC(=O)N2CCC(C)(c3csc(C4CC4)n3)CC2)CC1. The second-order valence-corrected chi connectivity index (χ2v) is 12.6. The zero-order chi connectivity index (χ0) is 24.8. The summed E-state index contributed by atoms with van der Waals surface area (Å²) >= 11 is 1.76. The number of halogens is 2. The van der Waals surface area contributed by atoms with Crippen LogP contribution in [-0.4, -0.2) is 89.0 Å². The Kier molecular flexibility index (Phi) is 7.14. The van der Waals surface area contributed by atoms with E-state index in [1.54, 1.807) is 16.2 Å². The van der Waals surface area contributed by atoms with Crippen molar-refractivity contribution >= 4 is 17.4 Å². The summed E-state index contributed by atoms with van der Waals surface area (Å²) in [6.45, 7) is 11.1. The third-order valence-electron chi connectivity index (χ3n) is 8.90. The first-order valence-corrected chi connectivity index (χ1v) is 14.4. The third-order valence-corrected chi connectivity index (χ3v) is 9.91. The molecular formula is C26H41F2N5OS. The molecule has 6 nitrogen and oxygen atoms in total. The molecule has 0 bridgehead atoms. The Morgan fingerprint density at radius 2 is 1.77 bits per heavy atom. The lowest BCUT2D eigenvalue weighted by atomic mass is 9.78. The monoisotopic (exact) mass is 509 g/mol. The molecule has 2 saturated carbocycles. The normalized spacial score (nSPS) is 29.9. The standard InChI is InChI=1S/C26H41F2N5OS/c1-18(2)31-13-15-32(16-14-31)20-5-4-8-26(27,28)22(20)30-24(34)33-11-9-25(3,10-12-33)21-17-35-23(29-21)19-6-7-19/h17-20,22H,4-16H2,1-3H3,(H,30,34). The van der Waals surface area contributed by atoms with Gasteiger partial charge in [0.15, 0.2) is 0 Å². The zero-order valence-electron chi connectivity index (χ0n) is 21.4. The van der Waals surface area contributed by atoms with Gasteiger partial charge in [0.25, 0.3) is 5.92 Å². The van der Waals surface area contributed by atoms with Gasteiger partial charge >= 0.3 is 6.03 Å². The van der Waals surface area contributed by atoms with Crippen LogP contribution in [0, 0.1) is 0 Å². The van der Waals surface area contributed by atoms with Crippen molar-refractivity contribution in [2.45, 2.75) is 101 Å². The van der Waals surface area contributed by atoms with Crippen LogP contribution in [0.2, 0.25) is 0 Å². The summed E-state index contributed by atoms with van der Waals surface area (Å²) < 4.78 is 30.3. The van der Waals surface area contributed by atoms with Gasteiger partial charge in [0.05, 0.1) is 10.7 Å². The number of nitrogens with zero attached hydrogens (tertiary/aromatic N) is 4. The number of carbonyl (C=O) groups excluding carboxylic acids is 1. The molecule has 2 amide bonds. The highest BCUT2D eigenvalue weighted by atomic mass is 32.1. The minimum absolute atomic E-state index is 0.0478. The second kappa shape index (κ2) is 9.86. The number of rotatable bonds is 5. The Hall–Kier alpha value is -1.32. The van der Waals surface area contributed by atoms with Crippen molar-refractivity contribution in [2.75, 3.05) is 39.3 Å². The van der Waals surface area contributed by atoms with Gasteiger partial charge in [-0.25, -0.2) is 18.6 Å². The van der Waals surface area contributed by atoms with Gasteiger partial charge < -0.3 is 10.2 Å². The molecule has 1 aromatic heterocycles. The van der Waals surface area contributed by atoms with Crippen LogP contribution in [0.15, 0.2) is 5.38 Å². The first kappa shape index (κ1) is 25.3. The summed E-state index contributed by atoms with van der Waals surface area (Å²) in [5.41, 5.74) is 1.09. The maximum absolute atomic E-state index is 15.1. The molecule has 2 atom stereocenters. The van der Waals surface area contributed by atoms with Crippen molar-refractivity contribution in [1.82, 2.24) is 25.0 Å². The molecule has 196 valence electrons. The lowest BCUT2D eigenvalue weighted by molar-refractivity contribution is -0.0973. The third kappa shape index (κ3) is 5.37. The molecule has 0 spiro atoms. The van der Waals surface area contributed by atoms with Gasteiger partial charge in [-0.3, -0.25) is 9.80 Å². The number of urea groups is 1. The summed E-state index contributed by atoms with van der Waals surface area (Å²) in [6.07, 6.45) is 5.20. The molecule has 3 heterocycles. The summed E-state index contributed by atoms with van der Waals surface area (Å²) in [7, 11) is 0. The van der Waals surface area contributed by atoms with E-state index in [0.717, 1.165) is 44.7 Å². The van der Waals surface area contributed by atoms with E-state index in [9.17, 15) is 4.79 Å². The number of carbonyl (C=O) groups is 1. The molecule has 2 aliphatic carbocycles. The van der Waals surface area contributed by atoms with Gasteiger partial charge in [0, 0.05) is 74.5 Å². The van der Waals surface area contributed by atoms with Crippen LogP contribution in [0.1, 0.15) is 82.3 Å². The molecule has 0 radical (unpaired) electrons. The second-order valence-electron chi connectivity index (χ2n) is 11.7. The van der Waals surface area contributed by atoms with Gasteiger partial charge in [-0.15, -0.1) is 11.3 Å². The average Bonchev–Trinajstić information content (AvgIpc) is 3.56. The van der Waals surface area contributed by atoms with Crippen LogP contribution >= 0.6 is 11.3 Å². The molecule has 2 aliphatic heterocycles. The Morgan fingerprint density at radius 1 is 1.09 bits per heavy atom. The molecule has 9 heteroatoms. The number of hydrogen-bond acceptors (Lipinski definition) is 5. The van der Waals surface area contributed by atoms with Crippen molar-refractivity contribution < 1.29 is 13.6 Å². The molecule has 5 rings (SSSR count). The molecule has 2 unspecified atom stereocenters. The highest BCUT2D eigenvalue weighted by Gasteiger charge is 2.50. The van der Waals surface area contributed by atoms with Crippen molar-refractivity contribution in [3.8, 4) is 0 Å². The number of nitrogens with one attached hydrogen (secondary N) is 1. The van der Waals surface area contributed by atoms with E-state index in [1.165, 1.54) is 17.8 Å². The number of hydrogen-bond donors (Lipinski definition) is 1. The molecule has 0 aromatic carbocycles. The molecule has 4 fully saturated rings. The van der Waals surface area contributed by atoms with E-state index in [2.05, 4.69) is 41.3 Å². The van der Waals surface area contributed by atoms with Crippen molar-refractivity contribution in [3.63, 3.8) is 0 Å². The number of alkyl halides is 2. The van der Waals surface area contributed by atoms with Crippen LogP contribution in [0.3, 0.4) is 0 Å². The fourth-order valence-corrected chi connectivity index (χ4v) is 7.25. The molecule has 35 heavy (non-hydrogen) atoms. The fraction of sp³-hybridized carbons (Fsp3) is 0.846. The Morgan fingerprint density at radius 3 is 2.40 bits per heavy atom. The Labute approximate surface area is 212 Å². The number of piperidine rings is 1. The van der Waals surface area contributed by atoms with Gasteiger partial charge in [0.2, 0.25) is 0 Å². The van der Waals surface area contributed by atoms with E-state index in [1.807, 2.05) is 0 Å². The zero-order valence-corrected chi connectivity index (χ0v) is 22.3. The van der Waals surface area contributed by atoms with Crippen molar-refractivity contribution in [2.24, 2.45) is 0 Å². The van der Waals surface area contributed by atoms with Gasteiger partial charge in [-0.05, 0) is 52.4 Å². The Balaban J connectivity index is 1.20. The van der Waals surface area contributed by atoms with Crippen molar-refractivity contribution in [3.05, 3.63) is 16.1 Å². The maximum Gasteiger partial charge on any atom is 0.317 e. The fourth-order valence-electron chi connectivity index (χ4n) is 6.10. The highest BCUT2D eigenvalue weighted by Crippen LogP contribution is 2.44. The van der Waals surface area contributed by atoms with E-state index in [4.69, 9.17) is 4.98 Å². The van der Waals surface area contributed by atoms with Gasteiger partial charge in [0.1, 0.15) is 6.04 Å². The minimum Gasteiger partial charge on any atom is -0.328 e. The average molecular weight is 510 g/mol. The molecule has 1 aromatic rings. The van der Waals surface area contributed by atoms with Gasteiger partial charge in [-0.2, -0.15) is 0 Å². The number of amides is 2. The number of piperazine rings is 1. The number of aromatic nitrogens is 1. The van der Waals surface area contributed by atoms with Gasteiger partial charge in [-0.1, -0.05) is 6.92 Å². The van der Waals surface area contributed by atoms with Crippen LogP contribution in [-0.2, 0) is 5.41 Å². The number of likely N-dealkylation sites (tertiary alicyclic amines) is 1. The first-order chi connectivity index (χ1) is 16.7. The van der Waals surface area contributed by atoms with E-state index < -0.39 is 12.0 Å². The predicted molar refractivity (Wildman–Crippen MR) is 135 cm³/mol. The first-order valence-electron chi connectivity index (χ1n) is 13.5. The van der Waals surface area contributed by atoms with Crippen LogP contribution < -0.4 is 5.32 Å². The lowest BCUT2D eigenvalue weighted by Gasteiger charge is -2.48. The van der Waals surface area contributed by atoms with Crippen LogP contribution in [0.25, 0.3) is 0 Å². The van der Waals surface area contributed by atoms with Crippen molar-refractivity contribution in [1.29, 1.82) is 0 Å². The largest absolute Gasteiger partial charge is 0.328 e. The summed E-state index contributed by atoms with van der Waals surface area (Å²) in [6, 6.07) is -1.29. The Bertz CT molecular complexity index is 888. The summed E-state index contributed by atoms with van der Waals surface area (Å²) in [5, 5.41) is 6.26. The number of thiazole rings is 1. The molecule has 2 saturated heterocycles. The molecule has 1 N–H and O–H groups in total. The highest BCUT2D eigenvalue weighted by molar-refractivity contribution is 7.09. The maximum atomic E-state index is 15.1. The smallest absolute Gasteiger partial charge is 0.317 e. The predicted octanol–water partition coefficient (Wildman–Crippen LogP) is 4.67. The molecular weight excluding hydrogens is 468 g/mol. The topological polar surface area (TPSA) is 51.7 Å². The quantitative estimate of drug-likeness (QED) is 0.627. The lowest BCUT2D eigenvalue weighted by Crippen LogP contribution is -2.66. The molecule has 4 aliphatic rings.